The quantitative estimate of drug-likeness (QED) is 0.843. The number of rotatable bonds is 5. The highest BCUT2D eigenvalue weighted by atomic mass is 32.2. The molecule has 0 saturated carbocycles. The van der Waals surface area contributed by atoms with Crippen LogP contribution in [0.3, 0.4) is 0 Å². The summed E-state index contributed by atoms with van der Waals surface area (Å²) >= 11 is 0. The number of hydrogen-bond donors (Lipinski definition) is 1. The van der Waals surface area contributed by atoms with Crippen molar-refractivity contribution in [2.24, 2.45) is 0 Å². The average molecular weight is 317 g/mol. The summed E-state index contributed by atoms with van der Waals surface area (Å²) in [5.41, 5.74) is 0. The summed E-state index contributed by atoms with van der Waals surface area (Å²) in [6, 6.07) is 0.262. The minimum atomic E-state index is -3.31. The number of nitrogens with one attached hydrogen (secondary N) is 1. The van der Waals surface area contributed by atoms with Crippen molar-refractivity contribution < 1.29 is 8.42 Å². The molecule has 124 valence electrons. The standard InChI is InChI=1S/C15H31N3O2S/c1-3-16-13-15-10-6-8-12-18(15)21(19,20)17-11-7-4-5-9-14(17)2/h14-16H,3-13H2,1-2H3. The van der Waals surface area contributed by atoms with Gasteiger partial charge in [0, 0.05) is 31.7 Å². The number of likely N-dealkylation sites (N-methyl/N-ethyl adjacent to an activating group) is 1. The van der Waals surface area contributed by atoms with E-state index in [1.165, 1.54) is 0 Å². The smallest absolute Gasteiger partial charge is 0.282 e. The van der Waals surface area contributed by atoms with Gasteiger partial charge in [-0.2, -0.15) is 17.0 Å². The SMILES string of the molecule is CCNCC1CCCCN1S(=O)(=O)N1CCCCCC1C. The largest absolute Gasteiger partial charge is 0.315 e. The maximum Gasteiger partial charge on any atom is 0.282 e. The normalized spacial score (nSPS) is 30.2. The first-order valence-corrected chi connectivity index (χ1v) is 9.96. The lowest BCUT2D eigenvalue weighted by Gasteiger charge is -2.39. The minimum Gasteiger partial charge on any atom is -0.315 e. The molecule has 0 aromatic carbocycles. The lowest BCUT2D eigenvalue weighted by atomic mass is 10.1. The molecule has 2 unspecified atom stereocenters. The summed E-state index contributed by atoms with van der Waals surface area (Å²) in [7, 11) is -3.31. The van der Waals surface area contributed by atoms with E-state index < -0.39 is 10.2 Å². The van der Waals surface area contributed by atoms with Gasteiger partial charge in [-0.15, -0.1) is 0 Å². The first-order chi connectivity index (χ1) is 10.1. The Labute approximate surface area is 130 Å². The first-order valence-electron chi connectivity index (χ1n) is 8.56. The molecule has 2 atom stereocenters. The molecule has 2 heterocycles. The van der Waals surface area contributed by atoms with Crippen molar-refractivity contribution in [2.45, 2.75) is 70.9 Å². The van der Waals surface area contributed by atoms with Gasteiger partial charge in [0.05, 0.1) is 0 Å². The molecule has 2 fully saturated rings. The van der Waals surface area contributed by atoms with E-state index in [4.69, 9.17) is 0 Å². The van der Waals surface area contributed by atoms with Crippen molar-refractivity contribution in [3.05, 3.63) is 0 Å². The van der Waals surface area contributed by atoms with E-state index in [0.29, 0.717) is 13.1 Å². The summed E-state index contributed by atoms with van der Waals surface area (Å²) in [5.74, 6) is 0. The van der Waals surface area contributed by atoms with E-state index in [-0.39, 0.29) is 12.1 Å². The molecule has 2 aliphatic heterocycles. The topological polar surface area (TPSA) is 52.7 Å². The molecule has 0 aromatic heterocycles. The Balaban J connectivity index is 2.14. The molecule has 6 heteroatoms. The molecule has 21 heavy (non-hydrogen) atoms. The maximum absolute atomic E-state index is 13.1. The molecule has 0 aliphatic carbocycles. The van der Waals surface area contributed by atoms with Gasteiger partial charge in [-0.3, -0.25) is 0 Å². The van der Waals surface area contributed by atoms with Gasteiger partial charge in [0.25, 0.3) is 10.2 Å². The summed E-state index contributed by atoms with van der Waals surface area (Å²) in [5, 5.41) is 3.32. The summed E-state index contributed by atoms with van der Waals surface area (Å²) < 4.78 is 29.7. The molecule has 5 nitrogen and oxygen atoms in total. The highest BCUT2D eigenvalue weighted by Crippen LogP contribution is 2.27. The molecular weight excluding hydrogens is 286 g/mol. The van der Waals surface area contributed by atoms with Crippen LogP contribution in [0.15, 0.2) is 0 Å². The van der Waals surface area contributed by atoms with Crippen LogP contribution in [0.1, 0.15) is 58.8 Å². The van der Waals surface area contributed by atoms with E-state index >= 15 is 0 Å². The van der Waals surface area contributed by atoms with Gasteiger partial charge in [-0.25, -0.2) is 0 Å². The van der Waals surface area contributed by atoms with Crippen molar-refractivity contribution >= 4 is 10.2 Å². The summed E-state index contributed by atoms with van der Waals surface area (Å²) in [6.45, 7) is 7.17. The van der Waals surface area contributed by atoms with Crippen LogP contribution in [0, 0.1) is 0 Å². The minimum absolute atomic E-state index is 0.124. The van der Waals surface area contributed by atoms with E-state index in [2.05, 4.69) is 19.2 Å². The number of hydrogen-bond acceptors (Lipinski definition) is 3. The third-order valence-electron chi connectivity index (χ3n) is 4.79. The van der Waals surface area contributed by atoms with Crippen LogP contribution in [-0.4, -0.2) is 55.3 Å². The molecule has 2 rings (SSSR count). The van der Waals surface area contributed by atoms with E-state index in [1.807, 2.05) is 0 Å². The monoisotopic (exact) mass is 317 g/mol. The zero-order valence-electron chi connectivity index (χ0n) is 13.6. The third-order valence-corrected chi connectivity index (χ3v) is 7.00. The van der Waals surface area contributed by atoms with Gasteiger partial charge in [0.15, 0.2) is 0 Å². The fraction of sp³-hybridized carbons (Fsp3) is 1.00. The van der Waals surface area contributed by atoms with Gasteiger partial charge in [-0.05, 0) is 39.2 Å². The van der Waals surface area contributed by atoms with Crippen molar-refractivity contribution in [3.8, 4) is 0 Å². The fourth-order valence-corrected chi connectivity index (χ4v) is 5.62. The van der Waals surface area contributed by atoms with Crippen molar-refractivity contribution in [1.82, 2.24) is 13.9 Å². The molecule has 0 bridgehead atoms. The average Bonchev–Trinajstić information content (AvgIpc) is 2.70. The van der Waals surface area contributed by atoms with Crippen molar-refractivity contribution in [3.63, 3.8) is 0 Å². The van der Waals surface area contributed by atoms with Crippen LogP contribution in [0.5, 0.6) is 0 Å². The van der Waals surface area contributed by atoms with Gasteiger partial charge < -0.3 is 5.32 Å². The third kappa shape index (κ3) is 4.18. The van der Waals surface area contributed by atoms with E-state index in [0.717, 1.165) is 58.0 Å². The second-order valence-corrected chi connectivity index (χ2v) is 8.22. The Hall–Kier alpha value is -0.170. The summed E-state index contributed by atoms with van der Waals surface area (Å²) in [6.07, 6.45) is 7.39. The van der Waals surface area contributed by atoms with Crippen LogP contribution in [0.2, 0.25) is 0 Å². The van der Waals surface area contributed by atoms with Crippen LogP contribution >= 0.6 is 0 Å². The number of piperidine rings is 1. The lowest BCUT2D eigenvalue weighted by molar-refractivity contribution is 0.217. The van der Waals surface area contributed by atoms with Crippen LogP contribution < -0.4 is 5.32 Å². The molecule has 2 saturated heterocycles. The zero-order chi connectivity index (χ0) is 15.3. The molecule has 2 aliphatic rings. The highest BCUT2D eigenvalue weighted by Gasteiger charge is 2.38. The molecule has 1 N–H and O–H groups in total. The Morgan fingerprint density at radius 3 is 2.43 bits per heavy atom. The lowest BCUT2D eigenvalue weighted by Crippen LogP contribution is -2.55. The van der Waals surface area contributed by atoms with E-state index in [1.54, 1.807) is 8.61 Å². The predicted molar refractivity (Wildman–Crippen MR) is 86.4 cm³/mol. The van der Waals surface area contributed by atoms with Crippen LogP contribution in [0.4, 0.5) is 0 Å². The van der Waals surface area contributed by atoms with E-state index in [9.17, 15) is 8.42 Å². The number of nitrogens with zero attached hydrogens (tertiary/aromatic N) is 2. The van der Waals surface area contributed by atoms with Gasteiger partial charge in [0.2, 0.25) is 0 Å². The molecule has 0 spiro atoms. The zero-order valence-corrected chi connectivity index (χ0v) is 14.4. The summed E-state index contributed by atoms with van der Waals surface area (Å²) in [4.78, 5) is 0. The Morgan fingerprint density at radius 2 is 1.67 bits per heavy atom. The Kier molecular flexibility index (Phi) is 6.47. The van der Waals surface area contributed by atoms with Crippen LogP contribution in [-0.2, 0) is 10.2 Å². The van der Waals surface area contributed by atoms with Gasteiger partial charge in [-0.1, -0.05) is 26.2 Å². The Morgan fingerprint density at radius 1 is 1.00 bits per heavy atom. The second kappa shape index (κ2) is 7.90. The molecule has 0 radical (unpaired) electrons. The highest BCUT2D eigenvalue weighted by molar-refractivity contribution is 7.86. The Bertz CT molecular complexity index is 413. The predicted octanol–water partition coefficient (Wildman–Crippen LogP) is 1.96. The molecular formula is C15H31N3O2S. The second-order valence-electron chi connectivity index (χ2n) is 6.38. The van der Waals surface area contributed by atoms with Crippen LogP contribution in [0.25, 0.3) is 0 Å². The maximum atomic E-state index is 13.1. The first kappa shape index (κ1) is 17.2. The fourth-order valence-electron chi connectivity index (χ4n) is 3.52. The molecule has 0 aromatic rings. The van der Waals surface area contributed by atoms with Gasteiger partial charge in [0.1, 0.15) is 0 Å². The van der Waals surface area contributed by atoms with Gasteiger partial charge >= 0.3 is 0 Å². The van der Waals surface area contributed by atoms with Crippen molar-refractivity contribution in [1.29, 1.82) is 0 Å². The molecule has 0 amide bonds. The van der Waals surface area contributed by atoms with Crippen molar-refractivity contribution in [2.75, 3.05) is 26.2 Å².